The van der Waals surface area contributed by atoms with Gasteiger partial charge in [0.15, 0.2) is 0 Å². The highest BCUT2D eigenvalue weighted by atomic mass is 16.2. The summed E-state index contributed by atoms with van der Waals surface area (Å²) < 4.78 is 1.35. The molecule has 0 aromatic carbocycles. The maximum Gasteiger partial charge on any atom is 0.251 e. The van der Waals surface area contributed by atoms with Crippen LogP contribution >= 0.6 is 0 Å². The number of carbonyl (C=O) groups is 1. The number of nitrogens with one attached hydrogen (secondary N) is 1. The van der Waals surface area contributed by atoms with Gasteiger partial charge in [0, 0.05) is 24.0 Å². The zero-order chi connectivity index (χ0) is 15.2. The monoisotopic (exact) mass is 291 g/mol. The van der Waals surface area contributed by atoms with Gasteiger partial charge >= 0.3 is 0 Å². The van der Waals surface area contributed by atoms with Crippen LogP contribution in [0, 0.1) is 5.92 Å². The molecule has 0 saturated heterocycles. The second-order valence-corrected chi connectivity index (χ2v) is 6.00. The lowest BCUT2D eigenvalue weighted by Crippen LogP contribution is -2.40. The normalized spacial score (nSPS) is 22.0. The van der Waals surface area contributed by atoms with Crippen molar-refractivity contribution in [1.29, 1.82) is 0 Å². The first-order valence-corrected chi connectivity index (χ1v) is 7.83. The minimum Gasteiger partial charge on any atom is -0.398 e. The molecule has 5 nitrogen and oxygen atoms in total. The van der Waals surface area contributed by atoms with Gasteiger partial charge in [-0.2, -0.15) is 0 Å². The van der Waals surface area contributed by atoms with Crippen molar-refractivity contribution in [3.05, 3.63) is 28.7 Å². The van der Waals surface area contributed by atoms with Gasteiger partial charge in [-0.15, -0.1) is 0 Å². The predicted molar refractivity (Wildman–Crippen MR) is 83.9 cm³/mol. The van der Waals surface area contributed by atoms with Gasteiger partial charge in [0.2, 0.25) is 5.91 Å². The molecule has 2 rings (SSSR count). The van der Waals surface area contributed by atoms with Crippen molar-refractivity contribution < 1.29 is 4.79 Å². The minimum absolute atomic E-state index is 0.0404. The van der Waals surface area contributed by atoms with E-state index in [1.54, 1.807) is 6.07 Å². The molecule has 1 aromatic rings. The van der Waals surface area contributed by atoms with E-state index in [1.807, 2.05) is 0 Å². The largest absolute Gasteiger partial charge is 0.398 e. The van der Waals surface area contributed by atoms with Gasteiger partial charge in [-0.3, -0.25) is 9.59 Å². The van der Waals surface area contributed by atoms with Gasteiger partial charge in [0.1, 0.15) is 6.54 Å². The van der Waals surface area contributed by atoms with Gasteiger partial charge < -0.3 is 15.6 Å². The molecule has 0 unspecified atom stereocenters. The standard InChI is InChI=1S/C16H25N3O2/c1-2-3-12-4-7-14(8-5-12)18-15(20)11-19-10-13(17)6-9-16(19)21/h6,9-10,12,14H,2-5,7-8,11,17H2,1H3,(H,18,20). The zero-order valence-electron chi connectivity index (χ0n) is 12.7. The van der Waals surface area contributed by atoms with Crippen molar-refractivity contribution >= 4 is 11.6 Å². The molecule has 1 aliphatic carbocycles. The summed E-state index contributed by atoms with van der Waals surface area (Å²) in [5.74, 6) is 0.710. The second kappa shape index (κ2) is 7.29. The summed E-state index contributed by atoms with van der Waals surface area (Å²) in [4.78, 5) is 23.7. The Morgan fingerprint density at radius 1 is 1.33 bits per heavy atom. The van der Waals surface area contributed by atoms with Crippen LogP contribution in [-0.2, 0) is 11.3 Å². The summed E-state index contributed by atoms with van der Waals surface area (Å²) in [6.07, 6.45) is 8.51. The Morgan fingerprint density at radius 2 is 2.05 bits per heavy atom. The van der Waals surface area contributed by atoms with Crippen LogP contribution in [0.2, 0.25) is 0 Å². The van der Waals surface area contributed by atoms with E-state index < -0.39 is 0 Å². The van der Waals surface area contributed by atoms with Crippen LogP contribution in [0.4, 0.5) is 5.69 Å². The van der Waals surface area contributed by atoms with Crippen LogP contribution in [0.3, 0.4) is 0 Å². The fraction of sp³-hybridized carbons (Fsp3) is 0.625. The number of anilines is 1. The summed E-state index contributed by atoms with van der Waals surface area (Å²) in [7, 11) is 0. The number of pyridine rings is 1. The first-order valence-electron chi connectivity index (χ1n) is 7.83. The van der Waals surface area contributed by atoms with Crippen LogP contribution in [0.25, 0.3) is 0 Å². The third kappa shape index (κ3) is 4.62. The Labute approximate surface area is 125 Å². The number of hydrogen-bond donors (Lipinski definition) is 2. The van der Waals surface area contributed by atoms with E-state index in [4.69, 9.17) is 5.73 Å². The molecule has 0 aliphatic heterocycles. The Kier molecular flexibility index (Phi) is 5.42. The van der Waals surface area contributed by atoms with Gasteiger partial charge in [-0.25, -0.2) is 0 Å². The fourth-order valence-corrected chi connectivity index (χ4v) is 3.11. The van der Waals surface area contributed by atoms with E-state index in [-0.39, 0.29) is 24.1 Å². The molecule has 3 N–H and O–H groups in total. The van der Waals surface area contributed by atoms with Crippen molar-refractivity contribution in [3.63, 3.8) is 0 Å². The van der Waals surface area contributed by atoms with Gasteiger partial charge in [0.05, 0.1) is 0 Å². The topological polar surface area (TPSA) is 77.1 Å². The van der Waals surface area contributed by atoms with E-state index in [9.17, 15) is 9.59 Å². The lowest BCUT2D eigenvalue weighted by atomic mass is 9.83. The summed E-state index contributed by atoms with van der Waals surface area (Å²) in [6, 6.07) is 3.19. The highest BCUT2D eigenvalue weighted by Crippen LogP contribution is 2.27. The lowest BCUT2D eigenvalue weighted by molar-refractivity contribution is -0.122. The number of rotatable bonds is 5. The van der Waals surface area contributed by atoms with Crippen molar-refractivity contribution in [2.24, 2.45) is 5.92 Å². The van der Waals surface area contributed by atoms with Crippen LogP contribution in [0.5, 0.6) is 0 Å². The number of hydrogen-bond acceptors (Lipinski definition) is 3. The lowest BCUT2D eigenvalue weighted by Gasteiger charge is -2.29. The maximum absolute atomic E-state index is 12.0. The molecule has 1 aliphatic rings. The van der Waals surface area contributed by atoms with Gasteiger partial charge in [-0.1, -0.05) is 19.8 Å². The summed E-state index contributed by atoms with van der Waals surface area (Å²) in [6.45, 7) is 2.26. The maximum atomic E-state index is 12.0. The number of nitrogens with two attached hydrogens (primary N) is 1. The van der Waals surface area contributed by atoms with Crippen molar-refractivity contribution in [2.45, 2.75) is 58.0 Å². The van der Waals surface area contributed by atoms with E-state index in [0.29, 0.717) is 5.69 Å². The molecular weight excluding hydrogens is 266 g/mol. The molecule has 0 radical (unpaired) electrons. The van der Waals surface area contributed by atoms with Crippen molar-refractivity contribution in [3.8, 4) is 0 Å². The third-order valence-corrected chi connectivity index (χ3v) is 4.23. The molecule has 1 heterocycles. The quantitative estimate of drug-likeness (QED) is 0.870. The summed E-state index contributed by atoms with van der Waals surface area (Å²) in [5.41, 5.74) is 5.93. The molecule has 0 spiro atoms. The molecule has 21 heavy (non-hydrogen) atoms. The smallest absolute Gasteiger partial charge is 0.251 e. The molecular formula is C16H25N3O2. The van der Waals surface area contributed by atoms with E-state index in [0.717, 1.165) is 18.8 Å². The van der Waals surface area contributed by atoms with Crippen LogP contribution in [0.1, 0.15) is 45.4 Å². The number of carbonyl (C=O) groups excluding carboxylic acids is 1. The second-order valence-electron chi connectivity index (χ2n) is 6.00. The first kappa shape index (κ1) is 15.6. The first-order chi connectivity index (χ1) is 10.1. The molecule has 1 saturated carbocycles. The molecule has 116 valence electrons. The van der Waals surface area contributed by atoms with E-state index in [2.05, 4.69) is 12.2 Å². The highest BCUT2D eigenvalue weighted by Gasteiger charge is 2.21. The Morgan fingerprint density at radius 3 is 2.71 bits per heavy atom. The van der Waals surface area contributed by atoms with Crippen LogP contribution in [-0.4, -0.2) is 16.5 Å². The van der Waals surface area contributed by atoms with Gasteiger partial charge in [-0.05, 0) is 37.7 Å². The average Bonchev–Trinajstić information content (AvgIpc) is 2.45. The molecule has 1 aromatic heterocycles. The van der Waals surface area contributed by atoms with Crippen molar-refractivity contribution in [1.82, 2.24) is 9.88 Å². The molecule has 0 bridgehead atoms. The van der Waals surface area contributed by atoms with E-state index >= 15 is 0 Å². The third-order valence-electron chi connectivity index (χ3n) is 4.23. The Hall–Kier alpha value is -1.78. The zero-order valence-corrected chi connectivity index (χ0v) is 12.7. The summed E-state index contributed by atoms with van der Waals surface area (Å²) >= 11 is 0. The molecule has 1 amide bonds. The highest BCUT2D eigenvalue weighted by molar-refractivity contribution is 5.76. The number of amides is 1. The number of nitrogen functional groups attached to an aromatic ring is 1. The number of nitrogens with zero attached hydrogens (tertiary/aromatic N) is 1. The average molecular weight is 291 g/mol. The van der Waals surface area contributed by atoms with Crippen LogP contribution < -0.4 is 16.6 Å². The molecule has 0 atom stereocenters. The molecule has 1 fully saturated rings. The number of aromatic nitrogens is 1. The van der Waals surface area contributed by atoms with Crippen LogP contribution in [0.15, 0.2) is 23.1 Å². The molecule has 5 heteroatoms. The van der Waals surface area contributed by atoms with Gasteiger partial charge in [0.25, 0.3) is 5.56 Å². The Balaban J connectivity index is 1.83. The fourth-order valence-electron chi connectivity index (χ4n) is 3.11. The predicted octanol–water partition coefficient (Wildman–Crippen LogP) is 1.91. The SMILES string of the molecule is CCCC1CCC(NC(=O)Cn2cc(N)ccc2=O)CC1. The van der Waals surface area contributed by atoms with E-state index in [1.165, 1.54) is 42.5 Å². The summed E-state index contributed by atoms with van der Waals surface area (Å²) in [5, 5.41) is 3.04. The van der Waals surface area contributed by atoms with Crippen molar-refractivity contribution in [2.75, 3.05) is 5.73 Å². The Bertz CT molecular complexity index is 531. The minimum atomic E-state index is -0.203.